The van der Waals surface area contributed by atoms with Crippen molar-refractivity contribution in [3.05, 3.63) is 94.0 Å². The fourth-order valence-electron chi connectivity index (χ4n) is 12.3. The maximum absolute atomic E-state index is 12.5. The quantitative estimate of drug-likeness (QED) is 0.0249. The summed E-state index contributed by atoms with van der Waals surface area (Å²) in [4.78, 5) is 25.5. The van der Waals surface area contributed by atoms with Gasteiger partial charge in [0.1, 0.15) is 23.0 Å². The van der Waals surface area contributed by atoms with Gasteiger partial charge in [0.2, 0.25) is 17.6 Å². The summed E-state index contributed by atoms with van der Waals surface area (Å²) in [6.45, 7) is 22.4. The lowest BCUT2D eigenvalue weighted by molar-refractivity contribution is 0.234. The van der Waals surface area contributed by atoms with E-state index in [1.807, 2.05) is 24.3 Å². The van der Waals surface area contributed by atoms with Gasteiger partial charge in [-0.3, -0.25) is 5.32 Å². The molecule has 0 saturated carbocycles. The number of carbonyl (C=O) groups is 1. The number of aromatic nitrogens is 3. The van der Waals surface area contributed by atoms with Crippen LogP contribution in [0.5, 0.6) is 40.2 Å². The molecule has 2 amide bonds. The number of hydrogen-bond acceptors (Lipinski definition) is 12. The number of nitrogen functional groups attached to an aromatic ring is 1. The summed E-state index contributed by atoms with van der Waals surface area (Å²) in [7, 11) is 0. The summed E-state index contributed by atoms with van der Waals surface area (Å²) in [5.74, 6) is 5.75. The van der Waals surface area contributed by atoms with Crippen LogP contribution in [0.1, 0.15) is 346 Å². The molecule has 1 heterocycles. The molecule has 0 unspecified atom stereocenters. The second-order valence-electron chi connectivity index (χ2n) is 28.3. The molecule has 0 bridgehead atoms. The first-order valence-electron chi connectivity index (χ1n) is 41.8. The van der Waals surface area contributed by atoms with Crippen LogP contribution in [0.4, 0.5) is 16.7 Å². The van der Waals surface area contributed by atoms with E-state index in [1.54, 1.807) is 0 Å². The monoisotopic (exact) mass is 1430 g/mol. The largest absolute Gasteiger partial charge is 0.493 e. The zero-order chi connectivity index (χ0) is 74.1. The Morgan fingerprint density at radius 3 is 1.00 bits per heavy atom. The Labute approximate surface area is 631 Å². The van der Waals surface area contributed by atoms with E-state index < -0.39 is 6.03 Å². The van der Waals surface area contributed by atoms with E-state index in [0.717, 1.165) is 182 Å². The van der Waals surface area contributed by atoms with E-state index in [0.29, 0.717) is 58.6 Å². The molecule has 578 valence electrons. The lowest BCUT2D eigenvalue weighted by Gasteiger charge is -2.19. The fraction of sp³-hybridized carbons (Fsp3) is 0.622. The number of ether oxygens (including phenoxy) is 7. The van der Waals surface area contributed by atoms with Crippen molar-refractivity contribution < 1.29 is 38.0 Å². The smallest absolute Gasteiger partial charge is 0.321 e. The van der Waals surface area contributed by atoms with E-state index in [-0.39, 0.29) is 11.9 Å². The molecule has 104 heavy (non-hydrogen) atoms. The predicted octanol–water partition coefficient (Wildman–Crippen LogP) is 26.2. The molecule has 0 aliphatic rings. The van der Waals surface area contributed by atoms with E-state index in [1.165, 1.54) is 154 Å². The normalized spacial score (nSPS) is 11.5. The number of benzene rings is 4. The molecule has 14 nitrogen and oxygen atoms in total. The summed E-state index contributed by atoms with van der Waals surface area (Å²) >= 11 is 0. The Balaban J connectivity index is 1.51. The van der Waals surface area contributed by atoms with Crippen molar-refractivity contribution in [2.24, 2.45) is 0 Å². The minimum atomic E-state index is -0.392. The molecule has 5 rings (SSSR count). The molecule has 14 heteroatoms. The van der Waals surface area contributed by atoms with Crippen molar-refractivity contribution >= 4 is 54.4 Å². The highest BCUT2D eigenvalue weighted by Crippen LogP contribution is 2.42. The zero-order valence-electron chi connectivity index (χ0n) is 66.4. The van der Waals surface area contributed by atoms with Gasteiger partial charge >= 0.3 is 6.03 Å². The minimum Gasteiger partial charge on any atom is -0.493 e. The van der Waals surface area contributed by atoms with Crippen molar-refractivity contribution in [2.75, 3.05) is 63.8 Å². The van der Waals surface area contributed by atoms with Crippen molar-refractivity contribution in [1.29, 1.82) is 0 Å². The number of unbranched alkanes of at least 4 members (excludes halogenated alkanes) is 32. The molecule has 0 fully saturated rings. The summed E-state index contributed by atoms with van der Waals surface area (Å²) in [6, 6.07) is 20.2. The number of nitrogens with two attached hydrogens (primary N) is 1. The number of carbonyl (C=O) groups excluding carboxylic acids is 1. The van der Waals surface area contributed by atoms with Crippen molar-refractivity contribution in [3.63, 3.8) is 0 Å². The van der Waals surface area contributed by atoms with Crippen molar-refractivity contribution in [1.82, 2.24) is 20.3 Å². The summed E-state index contributed by atoms with van der Waals surface area (Å²) in [5.41, 5.74) is 12.4. The molecule has 0 saturated heterocycles. The topological polar surface area (TPSA) is 170 Å². The molecule has 4 N–H and O–H groups in total. The number of urea groups is 1. The van der Waals surface area contributed by atoms with Crippen LogP contribution in [0.2, 0.25) is 0 Å². The number of amides is 2. The number of rotatable bonds is 63. The molecule has 5 aromatic rings. The van der Waals surface area contributed by atoms with Crippen LogP contribution in [0.15, 0.2) is 60.7 Å². The first kappa shape index (κ1) is 87.4. The Morgan fingerprint density at radius 1 is 0.327 bits per heavy atom. The van der Waals surface area contributed by atoms with E-state index in [9.17, 15) is 4.79 Å². The van der Waals surface area contributed by atoms with Gasteiger partial charge in [0, 0.05) is 34.4 Å². The zero-order valence-corrected chi connectivity index (χ0v) is 66.4. The van der Waals surface area contributed by atoms with Crippen LogP contribution < -0.4 is 49.5 Å². The highest BCUT2D eigenvalue weighted by molar-refractivity contribution is 5.88. The Morgan fingerprint density at radius 2 is 0.635 bits per heavy atom. The number of nitrogens with one attached hydrogen (secondary N) is 2. The minimum absolute atomic E-state index is 0.0125. The fourth-order valence-corrected chi connectivity index (χ4v) is 12.3. The van der Waals surface area contributed by atoms with Crippen LogP contribution in [-0.2, 0) is 0 Å². The Kier molecular flexibility index (Phi) is 48.0. The second-order valence-corrected chi connectivity index (χ2v) is 28.3. The first-order chi connectivity index (χ1) is 51.2. The Hall–Kier alpha value is -7.22. The molecule has 4 aromatic carbocycles. The summed E-state index contributed by atoms with van der Waals surface area (Å²) in [5, 5.41) is 5.51. The van der Waals surface area contributed by atoms with Crippen LogP contribution in [-0.4, -0.2) is 73.8 Å². The first-order valence-corrected chi connectivity index (χ1v) is 41.8. The van der Waals surface area contributed by atoms with Crippen molar-refractivity contribution in [2.45, 2.75) is 312 Å². The molecule has 0 spiro atoms. The maximum atomic E-state index is 12.5. The van der Waals surface area contributed by atoms with Gasteiger partial charge in [-0.1, -0.05) is 322 Å². The summed E-state index contributed by atoms with van der Waals surface area (Å²) < 4.78 is 47.4. The number of nitrogens with zero attached hydrogens (tertiary/aromatic N) is 3. The highest BCUT2D eigenvalue weighted by Gasteiger charge is 2.19. The van der Waals surface area contributed by atoms with Crippen LogP contribution in [0, 0.1) is 0 Å². The lowest BCUT2D eigenvalue weighted by atomic mass is 10.0. The van der Waals surface area contributed by atoms with Crippen LogP contribution >= 0.6 is 0 Å². The molecule has 0 aliphatic carbocycles. The average Bonchev–Trinajstić information content (AvgIpc) is 0.820. The second kappa shape index (κ2) is 57.1. The average molecular weight is 1430 g/mol. The van der Waals surface area contributed by atoms with Gasteiger partial charge in [-0.25, -0.2) is 4.79 Å². The third-order valence-electron chi connectivity index (χ3n) is 18.8. The van der Waals surface area contributed by atoms with Gasteiger partial charge in [0.05, 0.1) is 46.2 Å². The maximum Gasteiger partial charge on any atom is 0.321 e. The van der Waals surface area contributed by atoms with Gasteiger partial charge < -0.3 is 44.2 Å². The molecular weight excluding hydrogens is 1290 g/mol. The SMILES string of the molecule is CCCCCCCCCCCCOc1cc(/C=C/c2cc(OCCCC)c(/C=C/c3cc(OCCCC)c(/C=C/c4ccc(-c5nc(N)nc(NC(=O)NCCCC)n5)cc4)cc3OCCCC)cc2OCCCC)cc(OCCCCCCCCCCCC)c1OCCCCCCCCCCCC. The van der Waals surface area contributed by atoms with Gasteiger partial charge in [-0.2, -0.15) is 15.0 Å². The van der Waals surface area contributed by atoms with Gasteiger partial charge in [0.25, 0.3) is 0 Å². The molecular formula is C90H140N6O8. The number of anilines is 2. The van der Waals surface area contributed by atoms with E-state index >= 15 is 0 Å². The highest BCUT2D eigenvalue weighted by atomic mass is 16.5. The standard InChI is InChI=1S/C90H140N6O8/c1-9-17-25-28-31-34-37-40-43-46-64-102-84-67-74(68-85(103-65-47-44-41-38-35-32-29-26-18-10-2)86(84)104-66-48-45-42-39-36-33-30-27-19-11-3)52-56-77-70-83(101-63-24-16-8)79(72-81(77)99-61-22-14-6)58-57-78-71-80(98-60-21-13-5)76(69-82(78)100-62-23-15-7)55-51-73-49-53-75(54-50-73)87-93-88(91)95-89(94-87)96-90(97)92-59-20-12-4/h49-58,67-72H,9-48,59-66H2,1-8H3,(H4,91,92,93,94,95,96,97)/b55-51+,56-52+,58-57+. The van der Waals surface area contributed by atoms with E-state index in [4.69, 9.17) is 38.9 Å². The summed E-state index contributed by atoms with van der Waals surface area (Å²) in [6.07, 6.45) is 60.3. The predicted molar refractivity (Wildman–Crippen MR) is 441 cm³/mol. The molecule has 0 radical (unpaired) electrons. The van der Waals surface area contributed by atoms with Gasteiger partial charge in [-0.05, 0) is 98.9 Å². The Bertz CT molecular complexity index is 3100. The van der Waals surface area contributed by atoms with Gasteiger partial charge in [-0.15, -0.1) is 0 Å². The molecule has 0 aliphatic heterocycles. The van der Waals surface area contributed by atoms with Crippen LogP contribution in [0.3, 0.4) is 0 Å². The van der Waals surface area contributed by atoms with Gasteiger partial charge in [0.15, 0.2) is 17.3 Å². The van der Waals surface area contributed by atoms with Crippen molar-refractivity contribution in [3.8, 4) is 51.6 Å². The van der Waals surface area contributed by atoms with Crippen LogP contribution in [0.25, 0.3) is 47.8 Å². The third-order valence-corrected chi connectivity index (χ3v) is 18.8. The molecule has 1 aromatic heterocycles. The lowest BCUT2D eigenvalue weighted by Crippen LogP contribution is -2.30. The third kappa shape index (κ3) is 37.2. The molecule has 0 atom stereocenters. The van der Waals surface area contributed by atoms with E-state index in [2.05, 4.69) is 154 Å². The number of hydrogen-bond donors (Lipinski definition) is 3.